The minimum absolute atomic E-state index is 0.000322. The molecule has 0 aromatic heterocycles. The molecule has 2 bridgehead atoms. The van der Waals surface area contributed by atoms with Crippen molar-refractivity contribution in [3.63, 3.8) is 0 Å². The molecule has 136 heavy (non-hydrogen) atoms. The van der Waals surface area contributed by atoms with Gasteiger partial charge in [0.2, 0.25) is 53.2 Å². The number of Topliss-reactive ketones (excluding diaryl/α,β-unsaturated/α-hetero) is 6. The summed E-state index contributed by atoms with van der Waals surface area (Å²) in [5.41, 5.74) is 11.4. The molecule has 1 aromatic rings. The second kappa shape index (κ2) is 72.2. The Hall–Kier alpha value is -9.16. The molecule has 2 fully saturated rings. The smallest absolute Gasteiger partial charge is 0.304 e. The fraction of sp³-hybridized carbons (Fsp3) is 0.725. The number of guanidine groups is 1. The van der Waals surface area contributed by atoms with E-state index < -0.39 is 150 Å². The molecule has 18 N–H and O–H groups in total. The molecule has 768 valence electrons. The Balaban J connectivity index is 1.72. The Labute approximate surface area is 809 Å². The van der Waals surface area contributed by atoms with Crippen LogP contribution in [0, 0.1) is 34.5 Å². The molecule has 2 aliphatic rings. The summed E-state index contributed by atoms with van der Waals surface area (Å²) in [6, 6.07) is 3.17. The zero-order chi connectivity index (χ0) is 100. The van der Waals surface area contributed by atoms with Gasteiger partial charge in [0.15, 0.2) is 40.7 Å². The van der Waals surface area contributed by atoms with Crippen LogP contribution in [-0.4, -0.2) is 324 Å². The largest absolute Gasteiger partial charge is 0.481 e. The van der Waals surface area contributed by atoms with Gasteiger partial charge in [-0.2, -0.15) is 0 Å². The van der Waals surface area contributed by atoms with Crippen LogP contribution in [0.1, 0.15) is 195 Å². The Morgan fingerprint density at radius 3 is 1.62 bits per heavy atom. The number of amides is 9. The zero-order valence-corrected chi connectivity index (χ0v) is 82.2. The number of nitrogens with two attached hydrogens (primary N) is 2. The third kappa shape index (κ3) is 57.9. The number of benzene rings is 1. The van der Waals surface area contributed by atoms with E-state index in [2.05, 4.69) is 63.5 Å². The second-order valence-corrected chi connectivity index (χ2v) is 38.2. The number of ether oxygens (including phenoxy) is 8. The Kier molecular flexibility index (Phi) is 64.2. The number of carbonyl (C=O) groups is 16. The monoisotopic (exact) mass is 1980 g/mol. The van der Waals surface area contributed by atoms with Crippen LogP contribution >= 0.6 is 33.3 Å². The number of thioether (sulfide) groups is 1. The summed E-state index contributed by atoms with van der Waals surface area (Å²) in [7, 11) is 1.98. The average Bonchev–Trinajstić information content (AvgIpc) is 1.20. The lowest BCUT2D eigenvalue weighted by Gasteiger charge is -2.28. The van der Waals surface area contributed by atoms with Crippen molar-refractivity contribution in [2.24, 2.45) is 50.9 Å². The van der Waals surface area contributed by atoms with E-state index in [0.717, 1.165) is 59.0 Å². The third-order valence-electron chi connectivity index (χ3n) is 22.5. The van der Waals surface area contributed by atoms with E-state index in [1.54, 1.807) is 44.2 Å². The number of aliphatic carboxylic acids is 1. The van der Waals surface area contributed by atoms with Crippen LogP contribution in [0.25, 0.3) is 0 Å². The van der Waals surface area contributed by atoms with Gasteiger partial charge in [-0.1, -0.05) is 88.9 Å². The molecule has 2 heterocycles. The summed E-state index contributed by atoms with van der Waals surface area (Å²) in [5.74, 6) is -15.2. The summed E-state index contributed by atoms with van der Waals surface area (Å²) < 4.78 is 43.5. The van der Waals surface area contributed by atoms with E-state index in [9.17, 15) is 92.2 Å². The number of nitrogens with zero attached hydrogens (tertiary/aromatic N) is 2. The van der Waals surface area contributed by atoms with Crippen molar-refractivity contribution in [3.8, 4) is 0 Å². The van der Waals surface area contributed by atoms with Crippen molar-refractivity contribution in [2.45, 2.75) is 225 Å². The van der Waals surface area contributed by atoms with Crippen molar-refractivity contribution < 1.29 is 130 Å². The molecule has 3 rings (SSSR count). The number of hydrogen-bond acceptors (Lipinski definition) is 33. The van der Waals surface area contributed by atoms with Gasteiger partial charge in [-0.3, -0.25) is 82.1 Å². The normalized spacial score (nSPS) is 18.9. The van der Waals surface area contributed by atoms with E-state index in [-0.39, 0.29) is 239 Å². The fourth-order valence-corrected chi connectivity index (χ4v) is 17.2. The van der Waals surface area contributed by atoms with Crippen molar-refractivity contribution >= 4 is 145 Å². The van der Waals surface area contributed by atoms with E-state index in [1.165, 1.54) is 0 Å². The standard InChI is InChI=1S/C91H149N15O27S3/c1-62(105-124)90(3,4)30-13-20-64(29-34-100-91(5,6)63(2)106-125)28-33-96-81(115)27-12-26-80(114)95-31-11-10-24-72-88(123)104-75-60-136-135-59-74(103-87(122)68(52-84(118)119)49-71(109)53-99-85(120)66(50-77(75)111)21-14-32-98-89(93)94)78(112)51-67(48-65-18-8-7-9-19-65)86(121)102-73(58-134-61-83(117)101-72)76(110)25-17-38-128-42-46-130-44-40-126-36-15-22-69(107)54-132-55-70(108)23-16-37-127-41-45-131-47-43-129-39-35-97-82(116)57-133-56-79(92)113/h7-9,18-19,64,66-68,72-75,100,124-125H,10-17,20-61H2,1-6H3,(H2,92,113)(H,95,114)(H,96,115)(H,97,116)(H,99,120)(H,101,117)(H,102,121)(H,103,122)(H,104,123)(H,118,119)(H4,93,94,98)/b105-62-,106-63-/t64?,66-,67-,68+,72+,73+,74+,75+/m1/s1. The van der Waals surface area contributed by atoms with Crippen LogP contribution in [0.2, 0.25) is 0 Å². The van der Waals surface area contributed by atoms with E-state index in [1.807, 2.05) is 27.7 Å². The highest BCUT2D eigenvalue weighted by atomic mass is 33.1. The number of ketones is 6. The topological polar surface area (TPSA) is 629 Å². The first-order chi connectivity index (χ1) is 65.0. The van der Waals surface area contributed by atoms with Crippen LogP contribution in [0.4, 0.5) is 0 Å². The number of carboxylic acids is 1. The molecule has 1 unspecified atom stereocenters. The van der Waals surface area contributed by atoms with Gasteiger partial charge in [0, 0.05) is 132 Å². The van der Waals surface area contributed by atoms with Crippen LogP contribution in [0.5, 0.6) is 0 Å². The van der Waals surface area contributed by atoms with Gasteiger partial charge in [0.1, 0.15) is 32.5 Å². The lowest BCUT2D eigenvalue weighted by molar-refractivity contribution is -0.142. The van der Waals surface area contributed by atoms with Crippen molar-refractivity contribution in [3.05, 3.63) is 35.9 Å². The van der Waals surface area contributed by atoms with Crippen molar-refractivity contribution in [1.82, 2.24) is 53.2 Å². The van der Waals surface area contributed by atoms with Crippen LogP contribution in [0.15, 0.2) is 40.6 Å². The zero-order valence-electron chi connectivity index (χ0n) is 79.8. The predicted molar refractivity (Wildman–Crippen MR) is 511 cm³/mol. The minimum Gasteiger partial charge on any atom is -0.481 e. The molecule has 45 heteroatoms. The fourth-order valence-electron chi connectivity index (χ4n) is 13.9. The third-order valence-corrected chi connectivity index (χ3v) is 25.9. The summed E-state index contributed by atoms with van der Waals surface area (Å²) in [6.07, 6.45) is 3.56. The Morgan fingerprint density at radius 1 is 0.507 bits per heavy atom. The molecule has 0 aliphatic carbocycles. The number of carboxylic acid groups (broad SMARTS) is 1. The second-order valence-electron chi connectivity index (χ2n) is 34.6. The van der Waals surface area contributed by atoms with Gasteiger partial charge in [-0.05, 0) is 129 Å². The van der Waals surface area contributed by atoms with Gasteiger partial charge >= 0.3 is 5.97 Å². The van der Waals surface area contributed by atoms with Crippen LogP contribution in [0.3, 0.4) is 0 Å². The molecule has 0 saturated carbocycles. The average molecular weight is 1980 g/mol. The summed E-state index contributed by atoms with van der Waals surface area (Å²) in [5, 5.41) is 71.4. The maximum Gasteiger partial charge on any atom is 0.304 e. The molecule has 2 aliphatic heterocycles. The highest BCUT2D eigenvalue weighted by Gasteiger charge is 2.37. The molecular formula is C91H149N15O27S3. The first-order valence-electron chi connectivity index (χ1n) is 46.6. The predicted octanol–water partition coefficient (Wildman–Crippen LogP) is 2.91. The van der Waals surface area contributed by atoms with E-state index in [0.29, 0.717) is 82.4 Å². The molecule has 9 amide bonds. The quantitative estimate of drug-likeness (QED) is 0.0111. The van der Waals surface area contributed by atoms with Crippen molar-refractivity contribution in [2.75, 3.05) is 168 Å². The Morgan fingerprint density at radius 2 is 1.04 bits per heavy atom. The molecule has 8 atom stereocenters. The van der Waals surface area contributed by atoms with Crippen LogP contribution in [-0.2, 0) is 121 Å². The molecule has 2 saturated heterocycles. The first kappa shape index (κ1) is 121. The maximum absolute atomic E-state index is 15.0. The lowest BCUT2D eigenvalue weighted by atomic mass is 9.81. The molecule has 0 radical (unpaired) electrons. The number of fused-ring (bicyclic) bond motifs is 5. The van der Waals surface area contributed by atoms with Crippen LogP contribution < -0.4 is 64.6 Å². The number of nitrogens with one attached hydrogen (secondary N) is 11. The number of rotatable bonds is 66. The number of unbranched alkanes of at least 4 members (excludes halogenated alkanes) is 1. The summed E-state index contributed by atoms with van der Waals surface area (Å²) in [4.78, 5) is 216. The van der Waals surface area contributed by atoms with Gasteiger partial charge < -0.3 is 118 Å². The number of oxime groups is 2. The van der Waals surface area contributed by atoms with E-state index in [4.69, 9.17) is 54.8 Å². The maximum atomic E-state index is 15.0. The van der Waals surface area contributed by atoms with Gasteiger partial charge in [-0.25, -0.2) is 0 Å². The Bertz CT molecular complexity index is 3890. The summed E-state index contributed by atoms with van der Waals surface area (Å²) >= 11 is 0.956. The number of primary amides is 1. The number of hydrogen-bond donors (Lipinski definition) is 16. The van der Waals surface area contributed by atoms with E-state index >= 15 is 0 Å². The lowest BCUT2D eigenvalue weighted by Crippen LogP contribution is -2.53. The first-order valence-corrected chi connectivity index (χ1v) is 50.3. The van der Waals surface area contributed by atoms with Gasteiger partial charge in [0.05, 0.1) is 119 Å². The minimum atomic E-state index is -1.56. The number of carbonyl (C=O) groups excluding carboxylic acids is 15. The highest BCUT2D eigenvalue weighted by molar-refractivity contribution is 8.76. The molecule has 42 nitrogen and oxygen atoms in total. The van der Waals surface area contributed by atoms with Gasteiger partial charge in [-0.15, -0.1) is 11.8 Å². The van der Waals surface area contributed by atoms with Gasteiger partial charge in [0.25, 0.3) is 0 Å². The molecule has 1 aromatic carbocycles. The summed E-state index contributed by atoms with van der Waals surface area (Å²) in [6.45, 7) is 14.0. The molecular weight excluding hydrogens is 1830 g/mol. The SMILES string of the molecule is C/C(=N/O)C(C)(C)CCCC(CCNC(=O)CCCC(=O)NCCCC[C@@H]1NC(=O)CSC[C@@H](C(=O)CCCOCCOCCOCCCC(=O)COCC(=O)CCCOCCOCCOCCNC(=O)COCC(N)=O)NC(=O)[C@H](Cc2ccccc2)CC(=O)[C@@H]2CSSC[C@H](NC1=O)C(=O)C[C@@H](CCCNC(=N)N)C(=O)NCC(=O)C[C@@H](CC(=O)O)C(=O)N2)CCNC(C)(C)/C(C)=N\O. The highest BCUT2D eigenvalue weighted by Crippen LogP contribution is 2.30. The van der Waals surface area contributed by atoms with Crippen molar-refractivity contribution in [1.29, 1.82) is 5.41 Å². The molecule has 0 spiro atoms.